The molecule has 0 spiro atoms. The molecule has 3 rings (SSSR count). The monoisotopic (exact) mass is 626 g/mol. The summed E-state index contributed by atoms with van der Waals surface area (Å²) in [5.41, 5.74) is 1.74. The second-order valence-corrected chi connectivity index (χ2v) is 9.30. The molecule has 0 aromatic heterocycles. The molecule has 0 radical (unpaired) electrons. The number of benzene rings is 3. The van der Waals surface area contributed by atoms with Gasteiger partial charge in [-0.15, -0.1) is 0 Å². The molecule has 0 fully saturated rings. The van der Waals surface area contributed by atoms with Gasteiger partial charge >= 0.3 is 0 Å². The SMILES string of the molecule is CCOc1cc(/C=C(/C#N)C(=O)Nc2ccc(Cl)cc2)cc(I)c1OCc1c(Cl)cccc1Cl. The first-order valence-electron chi connectivity index (χ1n) is 10.0. The van der Waals surface area contributed by atoms with Crippen molar-refractivity contribution in [3.63, 3.8) is 0 Å². The Morgan fingerprint density at radius 1 is 1.09 bits per heavy atom. The van der Waals surface area contributed by atoms with Gasteiger partial charge in [0.15, 0.2) is 11.5 Å². The van der Waals surface area contributed by atoms with E-state index in [2.05, 4.69) is 27.9 Å². The molecule has 0 aliphatic carbocycles. The molecule has 0 saturated heterocycles. The largest absolute Gasteiger partial charge is 0.490 e. The van der Waals surface area contributed by atoms with Gasteiger partial charge in [-0.05, 0) is 89.7 Å². The van der Waals surface area contributed by atoms with Gasteiger partial charge < -0.3 is 14.8 Å². The number of nitrogens with zero attached hydrogens (tertiary/aromatic N) is 1. The molecule has 0 aliphatic rings. The van der Waals surface area contributed by atoms with E-state index in [1.807, 2.05) is 13.0 Å². The maximum Gasteiger partial charge on any atom is 0.266 e. The standard InChI is InChI=1S/C25H18Cl3IN2O3/c1-2-33-23-12-15(10-16(13-30)25(32)31-18-8-6-17(26)7-9-18)11-22(29)24(23)34-14-19-20(27)4-3-5-21(19)28/h3-12H,2,14H2,1H3,(H,31,32)/b16-10-. The Kier molecular flexibility index (Phi) is 9.48. The van der Waals surface area contributed by atoms with Gasteiger partial charge in [-0.1, -0.05) is 40.9 Å². The lowest BCUT2D eigenvalue weighted by atomic mass is 10.1. The molecule has 0 bridgehead atoms. The third-order valence-corrected chi connectivity index (χ3v) is 6.29. The minimum Gasteiger partial charge on any atom is -0.490 e. The van der Waals surface area contributed by atoms with Crippen LogP contribution in [0.5, 0.6) is 11.5 Å². The van der Waals surface area contributed by atoms with Crippen LogP contribution in [0.4, 0.5) is 5.69 Å². The molecule has 1 N–H and O–H groups in total. The average Bonchev–Trinajstić information content (AvgIpc) is 2.80. The van der Waals surface area contributed by atoms with Crippen LogP contribution in [0.15, 0.2) is 60.2 Å². The molecule has 3 aromatic rings. The van der Waals surface area contributed by atoms with Crippen molar-refractivity contribution in [2.75, 3.05) is 11.9 Å². The first-order chi connectivity index (χ1) is 16.3. The Balaban J connectivity index is 1.86. The van der Waals surface area contributed by atoms with E-state index in [1.54, 1.807) is 54.6 Å². The Labute approximate surface area is 226 Å². The van der Waals surface area contributed by atoms with Gasteiger partial charge in [0.25, 0.3) is 5.91 Å². The normalized spacial score (nSPS) is 11.0. The number of amides is 1. The van der Waals surface area contributed by atoms with Crippen LogP contribution in [0.2, 0.25) is 15.1 Å². The number of halogens is 4. The molecule has 9 heteroatoms. The number of ether oxygens (including phenoxy) is 2. The lowest BCUT2D eigenvalue weighted by Crippen LogP contribution is -2.13. The Bertz CT molecular complexity index is 1250. The van der Waals surface area contributed by atoms with Crippen LogP contribution in [0.3, 0.4) is 0 Å². The van der Waals surface area contributed by atoms with E-state index in [9.17, 15) is 10.1 Å². The number of hydrogen-bond acceptors (Lipinski definition) is 4. The van der Waals surface area contributed by atoms with Crippen LogP contribution >= 0.6 is 57.4 Å². The number of anilines is 1. The molecule has 0 saturated carbocycles. The maximum atomic E-state index is 12.6. The molecule has 5 nitrogen and oxygen atoms in total. The fraction of sp³-hybridized carbons (Fsp3) is 0.120. The van der Waals surface area contributed by atoms with Crippen LogP contribution in [-0.4, -0.2) is 12.5 Å². The Morgan fingerprint density at radius 3 is 2.38 bits per heavy atom. The highest BCUT2D eigenvalue weighted by Crippen LogP contribution is 2.36. The fourth-order valence-electron chi connectivity index (χ4n) is 2.94. The van der Waals surface area contributed by atoms with Crippen molar-refractivity contribution >= 4 is 75.1 Å². The Morgan fingerprint density at radius 2 is 1.76 bits per heavy atom. The van der Waals surface area contributed by atoms with E-state index < -0.39 is 5.91 Å². The van der Waals surface area contributed by atoms with E-state index >= 15 is 0 Å². The van der Waals surface area contributed by atoms with E-state index in [1.165, 1.54) is 6.08 Å². The number of rotatable bonds is 8. The molecule has 0 aliphatic heterocycles. The zero-order valence-corrected chi connectivity index (χ0v) is 22.3. The van der Waals surface area contributed by atoms with Crippen molar-refractivity contribution in [3.05, 3.63) is 89.9 Å². The van der Waals surface area contributed by atoms with Crippen LogP contribution in [0, 0.1) is 14.9 Å². The molecule has 1 amide bonds. The van der Waals surface area contributed by atoms with Gasteiger partial charge in [0.05, 0.1) is 10.2 Å². The number of nitrogens with one attached hydrogen (secondary N) is 1. The summed E-state index contributed by atoms with van der Waals surface area (Å²) in [6, 6.07) is 17.3. The summed E-state index contributed by atoms with van der Waals surface area (Å²) < 4.78 is 12.5. The second kappa shape index (κ2) is 12.3. The molecule has 0 heterocycles. The van der Waals surface area contributed by atoms with Crippen molar-refractivity contribution in [2.45, 2.75) is 13.5 Å². The number of nitriles is 1. The second-order valence-electron chi connectivity index (χ2n) is 6.88. The number of carbonyl (C=O) groups excluding carboxylic acids is 1. The smallest absolute Gasteiger partial charge is 0.266 e. The van der Waals surface area contributed by atoms with Crippen molar-refractivity contribution in [3.8, 4) is 17.6 Å². The van der Waals surface area contributed by atoms with E-state index in [4.69, 9.17) is 44.3 Å². The summed E-state index contributed by atoms with van der Waals surface area (Å²) in [4.78, 5) is 12.6. The molecular weight excluding hydrogens is 610 g/mol. The summed E-state index contributed by atoms with van der Waals surface area (Å²) in [6.45, 7) is 2.40. The first kappa shape index (κ1) is 26.2. The summed E-state index contributed by atoms with van der Waals surface area (Å²) >= 11 is 20.5. The lowest BCUT2D eigenvalue weighted by molar-refractivity contribution is -0.112. The highest BCUT2D eigenvalue weighted by molar-refractivity contribution is 14.1. The molecule has 174 valence electrons. The summed E-state index contributed by atoms with van der Waals surface area (Å²) in [6.07, 6.45) is 1.49. The molecular formula is C25H18Cl3IN2O3. The van der Waals surface area contributed by atoms with E-state index in [-0.39, 0.29) is 12.2 Å². The van der Waals surface area contributed by atoms with Gasteiger partial charge in [-0.3, -0.25) is 4.79 Å². The van der Waals surface area contributed by atoms with Gasteiger partial charge in [0, 0.05) is 26.3 Å². The summed E-state index contributed by atoms with van der Waals surface area (Å²) in [7, 11) is 0. The van der Waals surface area contributed by atoms with Gasteiger partial charge in [-0.2, -0.15) is 5.26 Å². The summed E-state index contributed by atoms with van der Waals surface area (Å²) in [5, 5.41) is 13.8. The minimum absolute atomic E-state index is 0.0651. The quantitative estimate of drug-likeness (QED) is 0.157. The van der Waals surface area contributed by atoms with Crippen LogP contribution in [0.25, 0.3) is 6.08 Å². The number of carbonyl (C=O) groups is 1. The van der Waals surface area contributed by atoms with E-state index in [0.29, 0.717) is 50.0 Å². The molecule has 0 unspecified atom stereocenters. The predicted molar refractivity (Wildman–Crippen MR) is 145 cm³/mol. The van der Waals surface area contributed by atoms with Gasteiger partial charge in [-0.25, -0.2) is 0 Å². The fourth-order valence-corrected chi connectivity index (χ4v) is 4.35. The minimum atomic E-state index is -0.536. The third kappa shape index (κ3) is 6.80. The highest BCUT2D eigenvalue weighted by atomic mass is 127. The van der Waals surface area contributed by atoms with Crippen LogP contribution in [0.1, 0.15) is 18.1 Å². The summed E-state index contributed by atoms with van der Waals surface area (Å²) in [5.74, 6) is 0.449. The van der Waals surface area contributed by atoms with Crippen molar-refractivity contribution < 1.29 is 14.3 Å². The molecule has 3 aromatic carbocycles. The van der Waals surface area contributed by atoms with Crippen molar-refractivity contribution in [2.24, 2.45) is 0 Å². The molecule has 34 heavy (non-hydrogen) atoms. The van der Waals surface area contributed by atoms with Gasteiger partial charge in [0.2, 0.25) is 0 Å². The topological polar surface area (TPSA) is 71.3 Å². The number of hydrogen-bond donors (Lipinski definition) is 1. The lowest BCUT2D eigenvalue weighted by Gasteiger charge is -2.16. The zero-order chi connectivity index (χ0) is 24.7. The Hall–Kier alpha value is -2.44. The maximum absolute atomic E-state index is 12.6. The average molecular weight is 628 g/mol. The van der Waals surface area contributed by atoms with E-state index in [0.717, 1.165) is 3.57 Å². The van der Waals surface area contributed by atoms with Crippen molar-refractivity contribution in [1.82, 2.24) is 0 Å². The van der Waals surface area contributed by atoms with Crippen LogP contribution < -0.4 is 14.8 Å². The predicted octanol–water partition coefficient (Wildman–Crippen LogP) is 7.77. The van der Waals surface area contributed by atoms with Gasteiger partial charge in [0.1, 0.15) is 18.2 Å². The molecule has 0 atom stereocenters. The third-order valence-electron chi connectivity index (χ3n) is 4.53. The highest BCUT2D eigenvalue weighted by Gasteiger charge is 2.16. The zero-order valence-electron chi connectivity index (χ0n) is 17.9. The van der Waals surface area contributed by atoms with Crippen LogP contribution in [-0.2, 0) is 11.4 Å². The first-order valence-corrected chi connectivity index (χ1v) is 12.2. The van der Waals surface area contributed by atoms with Crippen molar-refractivity contribution in [1.29, 1.82) is 5.26 Å².